The van der Waals surface area contributed by atoms with E-state index in [0.29, 0.717) is 22.2 Å². The number of carbonyl (C=O) groups excluding carboxylic acids is 3. The normalized spacial score (nSPS) is 12.3. The van der Waals surface area contributed by atoms with Gasteiger partial charge in [-0.3, -0.25) is 25.2 Å². The maximum absolute atomic E-state index is 12.9. The lowest BCUT2D eigenvalue weighted by molar-refractivity contribution is -0.133. The van der Waals surface area contributed by atoms with E-state index in [0.717, 1.165) is 4.88 Å². The van der Waals surface area contributed by atoms with Gasteiger partial charge in [-0.15, -0.1) is 11.3 Å². The van der Waals surface area contributed by atoms with Gasteiger partial charge in [-0.2, -0.15) is 0 Å². The van der Waals surface area contributed by atoms with Gasteiger partial charge in [0.2, 0.25) is 5.91 Å². The summed E-state index contributed by atoms with van der Waals surface area (Å²) < 4.78 is 0. The molecule has 2 heterocycles. The Morgan fingerprint density at radius 3 is 2.43 bits per heavy atom. The molecule has 30 heavy (non-hydrogen) atoms. The average molecular weight is 425 g/mol. The zero-order valence-corrected chi connectivity index (χ0v) is 18.1. The number of benzene rings is 1. The highest BCUT2D eigenvalue weighted by molar-refractivity contribution is 7.13. The molecule has 1 atom stereocenters. The number of hydrogen-bond donors (Lipinski definition) is 3. The van der Waals surface area contributed by atoms with E-state index >= 15 is 0 Å². The summed E-state index contributed by atoms with van der Waals surface area (Å²) in [5.74, 6) is -1.23. The molecular weight excluding hydrogens is 400 g/mol. The van der Waals surface area contributed by atoms with Crippen molar-refractivity contribution < 1.29 is 14.4 Å². The second-order valence-corrected chi connectivity index (χ2v) is 8.89. The van der Waals surface area contributed by atoms with Gasteiger partial charge in [0.15, 0.2) is 0 Å². The van der Waals surface area contributed by atoms with E-state index in [4.69, 9.17) is 0 Å². The van der Waals surface area contributed by atoms with Crippen LogP contribution in [0, 0.1) is 5.41 Å². The van der Waals surface area contributed by atoms with Gasteiger partial charge in [0, 0.05) is 10.8 Å². The minimum Gasteiger partial charge on any atom is -0.344 e. The smallest absolute Gasteiger partial charge is 0.270 e. The molecule has 0 fully saturated rings. The maximum Gasteiger partial charge on any atom is 0.270 e. The minimum atomic E-state index is -0.798. The number of thiophene rings is 1. The Hall–Kier alpha value is -3.26. The van der Waals surface area contributed by atoms with Crippen LogP contribution in [-0.2, 0) is 9.59 Å². The van der Waals surface area contributed by atoms with E-state index in [-0.39, 0.29) is 5.91 Å². The van der Waals surface area contributed by atoms with Crippen molar-refractivity contribution in [2.24, 2.45) is 5.41 Å². The predicted molar refractivity (Wildman–Crippen MR) is 118 cm³/mol. The number of hydrazine groups is 1. The largest absolute Gasteiger partial charge is 0.344 e. The molecule has 0 aliphatic rings. The number of aromatic nitrogens is 1. The fraction of sp³-hybridized carbons (Fsp3) is 0.273. The number of pyridine rings is 1. The first-order valence-electron chi connectivity index (χ1n) is 9.51. The molecule has 1 aromatic carbocycles. The molecule has 0 saturated heterocycles. The topological polar surface area (TPSA) is 100 Å². The number of nitrogens with zero attached hydrogens (tertiary/aromatic N) is 1. The molecular formula is C22H24N4O3S. The summed E-state index contributed by atoms with van der Waals surface area (Å²) >= 11 is 1.53. The third-order valence-electron chi connectivity index (χ3n) is 4.46. The predicted octanol–water partition coefficient (Wildman–Crippen LogP) is 3.28. The van der Waals surface area contributed by atoms with Crippen LogP contribution in [-0.4, -0.2) is 28.7 Å². The van der Waals surface area contributed by atoms with E-state index in [2.05, 4.69) is 21.2 Å². The van der Waals surface area contributed by atoms with E-state index in [9.17, 15) is 14.4 Å². The number of carbonyl (C=O) groups is 3. The van der Waals surface area contributed by atoms with E-state index in [1.165, 1.54) is 11.3 Å². The molecule has 0 unspecified atom stereocenters. The van der Waals surface area contributed by atoms with Crippen LogP contribution in [0.4, 0.5) is 0 Å². The Morgan fingerprint density at radius 2 is 1.77 bits per heavy atom. The van der Waals surface area contributed by atoms with Gasteiger partial charge < -0.3 is 5.32 Å². The van der Waals surface area contributed by atoms with Crippen molar-refractivity contribution in [1.29, 1.82) is 0 Å². The van der Waals surface area contributed by atoms with Gasteiger partial charge in [0.25, 0.3) is 11.8 Å². The van der Waals surface area contributed by atoms with Crippen LogP contribution < -0.4 is 16.2 Å². The van der Waals surface area contributed by atoms with Gasteiger partial charge in [0.1, 0.15) is 6.04 Å². The fourth-order valence-electron chi connectivity index (χ4n) is 2.69. The van der Waals surface area contributed by atoms with E-state index in [1.807, 2.05) is 41.8 Å². The summed E-state index contributed by atoms with van der Waals surface area (Å²) in [6.07, 6.45) is 0. The quantitative estimate of drug-likeness (QED) is 0.560. The number of fused-ring (bicyclic) bond motifs is 1. The Morgan fingerprint density at radius 1 is 1.03 bits per heavy atom. The molecule has 0 aliphatic carbocycles. The van der Waals surface area contributed by atoms with Crippen molar-refractivity contribution in [3.63, 3.8) is 0 Å². The van der Waals surface area contributed by atoms with Crippen LogP contribution >= 0.6 is 11.3 Å². The van der Waals surface area contributed by atoms with Crippen LogP contribution in [0.3, 0.4) is 0 Å². The third kappa shape index (κ3) is 4.83. The SMILES string of the molecule is C[C@H](NC(=O)C(C)(C)C)C(=O)NNC(=O)c1cc(-c2cccs2)nc2ccccc12. The van der Waals surface area contributed by atoms with Crippen molar-refractivity contribution in [2.45, 2.75) is 33.7 Å². The minimum absolute atomic E-state index is 0.253. The lowest BCUT2D eigenvalue weighted by Crippen LogP contribution is -2.52. The lowest BCUT2D eigenvalue weighted by atomic mass is 9.95. The number of hydrogen-bond acceptors (Lipinski definition) is 5. The van der Waals surface area contributed by atoms with Gasteiger partial charge in [-0.1, -0.05) is 45.0 Å². The summed E-state index contributed by atoms with van der Waals surface area (Å²) in [7, 11) is 0. The molecule has 3 N–H and O–H groups in total. The van der Waals surface area contributed by atoms with Crippen molar-refractivity contribution in [2.75, 3.05) is 0 Å². The van der Waals surface area contributed by atoms with Crippen LogP contribution in [0.15, 0.2) is 47.8 Å². The second-order valence-electron chi connectivity index (χ2n) is 7.94. The summed E-state index contributed by atoms with van der Waals surface area (Å²) in [6, 6.07) is 12.1. The average Bonchev–Trinajstić information content (AvgIpc) is 3.25. The van der Waals surface area contributed by atoms with Crippen molar-refractivity contribution >= 4 is 40.0 Å². The fourth-order valence-corrected chi connectivity index (χ4v) is 3.37. The van der Waals surface area contributed by atoms with Gasteiger partial charge in [-0.25, -0.2) is 4.98 Å². The summed E-state index contributed by atoms with van der Waals surface area (Å²) in [5, 5.41) is 5.25. The first-order valence-corrected chi connectivity index (χ1v) is 10.4. The number of rotatable bonds is 4. The Kier molecular flexibility index (Phi) is 6.17. The first-order chi connectivity index (χ1) is 14.2. The maximum atomic E-state index is 12.9. The molecule has 156 valence electrons. The highest BCUT2D eigenvalue weighted by Crippen LogP contribution is 2.27. The zero-order valence-electron chi connectivity index (χ0n) is 17.3. The van der Waals surface area contributed by atoms with Crippen molar-refractivity contribution in [3.05, 3.63) is 53.4 Å². The molecule has 0 spiro atoms. The lowest BCUT2D eigenvalue weighted by Gasteiger charge is -2.21. The zero-order chi connectivity index (χ0) is 21.9. The van der Waals surface area contributed by atoms with Crippen LogP contribution in [0.25, 0.3) is 21.5 Å². The second kappa shape index (κ2) is 8.62. The number of amides is 3. The highest BCUT2D eigenvalue weighted by atomic mass is 32.1. The third-order valence-corrected chi connectivity index (χ3v) is 5.35. The molecule has 0 bridgehead atoms. The molecule has 7 nitrogen and oxygen atoms in total. The molecule has 3 aromatic rings. The Labute approximate surface area is 178 Å². The number of para-hydroxylation sites is 1. The van der Waals surface area contributed by atoms with Gasteiger partial charge in [-0.05, 0) is 30.5 Å². The van der Waals surface area contributed by atoms with Crippen molar-refractivity contribution in [1.82, 2.24) is 21.2 Å². The van der Waals surface area contributed by atoms with Crippen LogP contribution in [0.2, 0.25) is 0 Å². The molecule has 0 saturated carbocycles. The molecule has 3 amide bonds. The summed E-state index contributed by atoms with van der Waals surface area (Å²) in [5.41, 5.74) is 5.98. The molecule has 2 aromatic heterocycles. The van der Waals surface area contributed by atoms with Crippen molar-refractivity contribution in [3.8, 4) is 10.6 Å². The van der Waals surface area contributed by atoms with Gasteiger partial charge >= 0.3 is 0 Å². The van der Waals surface area contributed by atoms with Gasteiger partial charge in [0.05, 0.1) is 21.7 Å². The van der Waals surface area contributed by atoms with Crippen LogP contribution in [0.5, 0.6) is 0 Å². The number of nitrogens with one attached hydrogen (secondary N) is 3. The standard InChI is InChI=1S/C22H24N4O3S/c1-13(23-21(29)22(2,3)4)19(27)25-26-20(28)15-12-17(18-10-7-11-30-18)24-16-9-6-5-8-14(15)16/h5-13H,1-4H3,(H,23,29)(H,25,27)(H,26,28)/t13-/m0/s1. The monoisotopic (exact) mass is 424 g/mol. The Bertz CT molecular complexity index is 1090. The van der Waals surface area contributed by atoms with Crippen LogP contribution in [0.1, 0.15) is 38.1 Å². The van der Waals surface area contributed by atoms with E-state index < -0.39 is 23.3 Å². The highest BCUT2D eigenvalue weighted by Gasteiger charge is 2.25. The Balaban J connectivity index is 1.77. The molecule has 3 rings (SSSR count). The molecule has 0 aliphatic heterocycles. The summed E-state index contributed by atoms with van der Waals surface area (Å²) in [4.78, 5) is 42.8. The molecule has 0 radical (unpaired) electrons. The first kappa shape index (κ1) is 21.4. The summed E-state index contributed by atoms with van der Waals surface area (Å²) in [6.45, 7) is 6.83. The molecule has 8 heteroatoms. The van der Waals surface area contributed by atoms with E-state index in [1.54, 1.807) is 33.8 Å².